The van der Waals surface area contributed by atoms with Gasteiger partial charge in [0.25, 0.3) is 0 Å². The Balaban J connectivity index is 2.74. The summed E-state index contributed by atoms with van der Waals surface area (Å²) in [7, 11) is 0. The van der Waals surface area contributed by atoms with Crippen molar-refractivity contribution in [2.45, 2.75) is 46.0 Å². The number of hydrogen-bond donors (Lipinski definition) is 0. The predicted molar refractivity (Wildman–Crippen MR) is 78.4 cm³/mol. The molecule has 1 rings (SSSR count). The summed E-state index contributed by atoms with van der Waals surface area (Å²) in [5.41, 5.74) is 1.39. The molecule has 0 aromatic carbocycles. The molecule has 0 fully saturated rings. The van der Waals surface area contributed by atoms with Crippen LogP contribution in [0, 0.1) is 17.8 Å². The van der Waals surface area contributed by atoms with Crippen molar-refractivity contribution >= 4 is 5.78 Å². The van der Waals surface area contributed by atoms with Crippen LogP contribution in [0.3, 0.4) is 0 Å². The summed E-state index contributed by atoms with van der Waals surface area (Å²) in [6, 6.07) is 0. The molecule has 0 bridgehead atoms. The average molecular weight is 246 g/mol. The summed E-state index contributed by atoms with van der Waals surface area (Å²) in [4.78, 5) is 11.4. The first kappa shape index (κ1) is 14.9. The van der Waals surface area contributed by atoms with Gasteiger partial charge in [-0.2, -0.15) is 0 Å². The van der Waals surface area contributed by atoms with Crippen LogP contribution in [0.2, 0.25) is 0 Å². The van der Waals surface area contributed by atoms with E-state index in [1.54, 1.807) is 0 Å². The van der Waals surface area contributed by atoms with E-state index < -0.39 is 0 Å². The first-order valence-corrected chi connectivity index (χ1v) is 7.07. The summed E-state index contributed by atoms with van der Waals surface area (Å²) in [6.45, 7) is 12.0. The van der Waals surface area contributed by atoms with Crippen LogP contribution in [-0.4, -0.2) is 5.78 Å². The Hall–Kier alpha value is -1.11. The highest BCUT2D eigenvalue weighted by Gasteiger charge is 2.27. The molecule has 0 aromatic heterocycles. The Bertz CT molecular complexity index is 336. The van der Waals surface area contributed by atoms with Gasteiger partial charge in [0.2, 0.25) is 0 Å². The lowest BCUT2D eigenvalue weighted by atomic mass is 9.72. The number of ketones is 1. The number of allylic oxidation sites excluding steroid dienone is 4. The summed E-state index contributed by atoms with van der Waals surface area (Å²) in [6.07, 6.45) is 11.1. The zero-order chi connectivity index (χ0) is 13.5. The van der Waals surface area contributed by atoms with Gasteiger partial charge in [0.05, 0.1) is 0 Å². The molecule has 100 valence electrons. The van der Waals surface area contributed by atoms with E-state index in [4.69, 9.17) is 0 Å². The fourth-order valence-electron chi connectivity index (χ4n) is 3.03. The van der Waals surface area contributed by atoms with Crippen molar-refractivity contribution < 1.29 is 4.79 Å². The molecule has 0 heterocycles. The molecule has 0 aliphatic heterocycles. The van der Waals surface area contributed by atoms with Crippen molar-refractivity contribution in [3.05, 3.63) is 37.0 Å². The molecule has 0 radical (unpaired) electrons. The van der Waals surface area contributed by atoms with Gasteiger partial charge in [-0.1, -0.05) is 39.2 Å². The second-order valence-corrected chi connectivity index (χ2v) is 5.56. The topological polar surface area (TPSA) is 17.1 Å². The van der Waals surface area contributed by atoms with Gasteiger partial charge in [-0.05, 0) is 55.1 Å². The molecule has 0 aromatic rings. The van der Waals surface area contributed by atoms with Crippen molar-refractivity contribution in [3.8, 4) is 0 Å². The van der Waals surface area contributed by atoms with E-state index in [1.807, 2.05) is 6.08 Å². The molecule has 0 saturated heterocycles. The number of hydrogen-bond acceptors (Lipinski definition) is 1. The lowest BCUT2D eigenvalue weighted by Gasteiger charge is -2.33. The van der Waals surface area contributed by atoms with Crippen LogP contribution in [0.15, 0.2) is 37.0 Å². The van der Waals surface area contributed by atoms with Gasteiger partial charge in [-0.15, -0.1) is 0 Å². The summed E-state index contributed by atoms with van der Waals surface area (Å²) >= 11 is 0. The number of carbonyl (C=O) groups is 1. The Morgan fingerprint density at radius 1 is 1.50 bits per heavy atom. The first-order chi connectivity index (χ1) is 8.60. The fourth-order valence-corrected chi connectivity index (χ4v) is 3.03. The minimum Gasteiger partial charge on any atom is -0.295 e. The van der Waals surface area contributed by atoms with E-state index in [-0.39, 0.29) is 5.78 Å². The van der Waals surface area contributed by atoms with Gasteiger partial charge >= 0.3 is 0 Å². The molecule has 2 atom stereocenters. The number of carbonyl (C=O) groups excluding carboxylic acids is 1. The van der Waals surface area contributed by atoms with E-state index in [0.29, 0.717) is 24.2 Å². The normalized spacial score (nSPS) is 21.3. The Labute approximate surface area is 112 Å². The van der Waals surface area contributed by atoms with Gasteiger partial charge < -0.3 is 0 Å². The molecular weight excluding hydrogens is 220 g/mol. The average Bonchev–Trinajstić information content (AvgIpc) is 2.38. The summed E-state index contributed by atoms with van der Waals surface area (Å²) in [5, 5.41) is 0. The highest BCUT2D eigenvalue weighted by molar-refractivity contribution is 5.88. The minimum atomic E-state index is 0.167. The Kier molecular flexibility index (Phi) is 6.11. The van der Waals surface area contributed by atoms with E-state index in [0.717, 1.165) is 6.42 Å². The maximum atomic E-state index is 11.4. The molecule has 0 amide bonds. The van der Waals surface area contributed by atoms with Gasteiger partial charge in [-0.25, -0.2) is 0 Å². The minimum absolute atomic E-state index is 0.167. The van der Waals surface area contributed by atoms with E-state index in [9.17, 15) is 4.79 Å². The smallest absolute Gasteiger partial charge is 0.155 e. The predicted octanol–water partition coefficient (Wildman–Crippen LogP) is 4.71. The second-order valence-electron chi connectivity index (χ2n) is 5.56. The van der Waals surface area contributed by atoms with Gasteiger partial charge in [-0.3, -0.25) is 4.79 Å². The molecule has 0 unspecified atom stereocenters. The molecule has 1 nitrogen and oxygen atoms in total. The zero-order valence-corrected chi connectivity index (χ0v) is 11.8. The third-order valence-electron chi connectivity index (χ3n) is 4.09. The van der Waals surface area contributed by atoms with Gasteiger partial charge in [0, 0.05) is 6.42 Å². The quantitative estimate of drug-likeness (QED) is 0.595. The van der Waals surface area contributed by atoms with E-state index >= 15 is 0 Å². The maximum absolute atomic E-state index is 11.4. The van der Waals surface area contributed by atoms with Crippen molar-refractivity contribution in [1.29, 1.82) is 0 Å². The van der Waals surface area contributed by atoms with Crippen molar-refractivity contribution in [3.63, 3.8) is 0 Å². The lowest BCUT2D eigenvalue weighted by molar-refractivity contribution is -0.115. The third kappa shape index (κ3) is 3.97. The molecule has 0 N–H and O–H groups in total. The van der Waals surface area contributed by atoms with Crippen LogP contribution in [-0.2, 0) is 4.79 Å². The van der Waals surface area contributed by atoms with Crippen LogP contribution in [0.4, 0.5) is 0 Å². The van der Waals surface area contributed by atoms with Crippen molar-refractivity contribution in [2.75, 3.05) is 0 Å². The lowest BCUT2D eigenvalue weighted by Crippen LogP contribution is -2.24. The van der Waals surface area contributed by atoms with Crippen LogP contribution in [0.1, 0.15) is 46.0 Å². The standard InChI is InChI=1S/C17H26O/c1-5-14-9-7-8-10-17(14)16(13(3)4)12-11-15(18)6-2/h5-6,9,13,16-17H,1-2,7-8,10-12H2,3-4H3/t16-,17-/m1/s1. The van der Waals surface area contributed by atoms with Gasteiger partial charge in [0.1, 0.15) is 0 Å². The van der Waals surface area contributed by atoms with Crippen LogP contribution < -0.4 is 0 Å². The van der Waals surface area contributed by atoms with Crippen LogP contribution in [0.5, 0.6) is 0 Å². The zero-order valence-electron chi connectivity index (χ0n) is 11.8. The highest BCUT2D eigenvalue weighted by atomic mass is 16.1. The summed E-state index contributed by atoms with van der Waals surface area (Å²) < 4.78 is 0. The highest BCUT2D eigenvalue weighted by Crippen LogP contribution is 2.38. The van der Waals surface area contributed by atoms with E-state index in [1.165, 1.54) is 30.9 Å². The maximum Gasteiger partial charge on any atom is 0.155 e. The molecule has 1 aliphatic carbocycles. The largest absolute Gasteiger partial charge is 0.295 e. The Morgan fingerprint density at radius 3 is 2.78 bits per heavy atom. The molecule has 0 spiro atoms. The van der Waals surface area contributed by atoms with Gasteiger partial charge in [0.15, 0.2) is 5.78 Å². The SMILES string of the molecule is C=CC(=O)CC[C@H](C(C)C)[C@@H]1CCCC=C1C=C. The van der Waals surface area contributed by atoms with E-state index in [2.05, 4.69) is 33.1 Å². The van der Waals surface area contributed by atoms with Crippen LogP contribution >= 0.6 is 0 Å². The third-order valence-corrected chi connectivity index (χ3v) is 4.09. The van der Waals surface area contributed by atoms with Crippen molar-refractivity contribution in [2.24, 2.45) is 17.8 Å². The van der Waals surface area contributed by atoms with Crippen molar-refractivity contribution in [1.82, 2.24) is 0 Å². The number of rotatable bonds is 7. The monoisotopic (exact) mass is 246 g/mol. The second kappa shape index (κ2) is 7.35. The summed E-state index contributed by atoms with van der Waals surface area (Å²) in [5.74, 6) is 1.95. The molecule has 18 heavy (non-hydrogen) atoms. The molecule has 0 saturated carbocycles. The molecule has 1 aliphatic rings. The Morgan fingerprint density at radius 2 is 2.22 bits per heavy atom. The fraction of sp³-hybridized carbons (Fsp3) is 0.588. The first-order valence-electron chi connectivity index (χ1n) is 7.07. The molecular formula is C17H26O. The van der Waals surface area contributed by atoms with Crippen LogP contribution in [0.25, 0.3) is 0 Å². The molecule has 1 heteroatoms.